The van der Waals surface area contributed by atoms with Gasteiger partial charge >= 0.3 is 0 Å². The Morgan fingerprint density at radius 2 is 2.19 bits per heavy atom. The lowest BCUT2D eigenvalue weighted by molar-refractivity contribution is -0.123. The van der Waals surface area contributed by atoms with Crippen molar-refractivity contribution < 1.29 is 4.79 Å². The maximum absolute atomic E-state index is 12.0. The third kappa shape index (κ3) is 3.25. The van der Waals surface area contributed by atoms with Crippen LogP contribution in [0.3, 0.4) is 0 Å². The lowest BCUT2D eigenvalue weighted by Gasteiger charge is -2.18. The average molecular weight is 307 g/mol. The fraction of sp³-hybridized carbons (Fsp3) is 0.333. The molecule has 1 atom stereocenters. The molecule has 0 saturated heterocycles. The second-order valence-electron chi connectivity index (χ2n) is 5.40. The summed E-state index contributed by atoms with van der Waals surface area (Å²) >= 11 is 0. The lowest BCUT2D eigenvalue weighted by Crippen LogP contribution is -2.43. The standard InChI is InChI=1S/C15H18N4O.ClH/c1-11(18-14(20)15(16)6-7-15)12-4-2-5-13(10-12)19-9-3-8-17-19;/h2-5,8-11H,6-7,16H2,1H3,(H,18,20);1H. The van der Waals surface area contributed by atoms with Crippen molar-refractivity contribution in [3.63, 3.8) is 0 Å². The Morgan fingerprint density at radius 3 is 2.81 bits per heavy atom. The zero-order valence-corrected chi connectivity index (χ0v) is 12.6. The van der Waals surface area contributed by atoms with E-state index in [0.29, 0.717) is 0 Å². The summed E-state index contributed by atoms with van der Waals surface area (Å²) in [5, 5.41) is 7.18. The van der Waals surface area contributed by atoms with E-state index >= 15 is 0 Å². The zero-order chi connectivity index (χ0) is 14.2. The molecule has 6 heteroatoms. The highest BCUT2D eigenvalue weighted by atomic mass is 35.5. The van der Waals surface area contributed by atoms with Gasteiger partial charge in [-0.3, -0.25) is 4.79 Å². The Labute approximate surface area is 129 Å². The molecule has 0 aliphatic heterocycles. The normalized spacial score (nSPS) is 16.7. The molecule has 0 spiro atoms. The highest BCUT2D eigenvalue weighted by molar-refractivity contribution is 5.89. The minimum Gasteiger partial charge on any atom is -0.348 e. The van der Waals surface area contributed by atoms with Crippen LogP contribution in [-0.4, -0.2) is 21.2 Å². The van der Waals surface area contributed by atoms with E-state index in [1.54, 1.807) is 10.9 Å². The second-order valence-corrected chi connectivity index (χ2v) is 5.40. The van der Waals surface area contributed by atoms with Gasteiger partial charge in [-0.2, -0.15) is 5.10 Å². The summed E-state index contributed by atoms with van der Waals surface area (Å²) in [6.45, 7) is 1.96. The largest absolute Gasteiger partial charge is 0.348 e. The van der Waals surface area contributed by atoms with Gasteiger partial charge in [0.15, 0.2) is 0 Å². The van der Waals surface area contributed by atoms with Gasteiger partial charge in [0, 0.05) is 12.4 Å². The predicted octanol–water partition coefficient (Wildman–Crippen LogP) is 1.96. The molecule has 112 valence electrons. The fourth-order valence-electron chi connectivity index (χ4n) is 2.14. The van der Waals surface area contributed by atoms with Crippen LogP contribution in [0.1, 0.15) is 31.4 Å². The van der Waals surface area contributed by atoms with Crippen LogP contribution >= 0.6 is 12.4 Å². The third-order valence-corrected chi connectivity index (χ3v) is 3.73. The molecular formula is C15H19ClN4O. The first-order valence-electron chi connectivity index (χ1n) is 6.78. The fourth-order valence-corrected chi connectivity index (χ4v) is 2.14. The molecule has 1 unspecified atom stereocenters. The average Bonchev–Trinajstić information content (AvgIpc) is 3.00. The van der Waals surface area contributed by atoms with Crippen LogP contribution in [0.4, 0.5) is 0 Å². The molecule has 21 heavy (non-hydrogen) atoms. The number of hydrogen-bond donors (Lipinski definition) is 2. The van der Waals surface area contributed by atoms with Gasteiger partial charge in [0.1, 0.15) is 0 Å². The molecule has 1 aliphatic carbocycles. The van der Waals surface area contributed by atoms with Crippen LogP contribution in [0.15, 0.2) is 42.7 Å². The highest BCUT2D eigenvalue weighted by Crippen LogP contribution is 2.33. The summed E-state index contributed by atoms with van der Waals surface area (Å²) in [5.74, 6) is -0.0607. The molecule has 1 fully saturated rings. The zero-order valence-electron chi connectivity index (χ0n) is 11.8. The van der Waals surface area contributed by atoms with Crippen LogP contribution in [0.25, 0.3) is 5.69 Å². The van der Waals surface area contributed by atoms with Gasteiger partial charge in [0.05, 0.1) is 17.3 Å². The smallest absolute Gasteiger partial charge is 0.240 e. The summed E-state index contributed by atoms with van der Waals surface area (Å²) in [6, 6.07) is 9.77. The molecular weight excluding hydrogens is 288 g/mol. The Bertz CT molecular complexity index is 622. The first-order valence-corrected chi connectivity index (χ1v) is 6.78. The monoisotopic (exact) mass is 306 g/mol. The van der Waals surface area contributed by atoms with Crippen LogP contribution < -0.4 is 11.1 Å². The number of amides is 1. The summed E-state index contributed by atoms with van der Waals surface area (Å²) in [5.41, 5.74) is 7.28. The topological polar surface area (TPSA) is 72.9 Å². The number of nitrogens with two attached hydrogens (primary N) is 1. The molecule has 1 aliphatic rings. The minimum atomic E-state index is -0.631. The molecule has 0 radical (unpaired) electrons. The molecule has 3 N–H and O–H groups in total. The number of carbonyl (C=O) groups is 1. The number of hydrogen-bond acceptors (Lipinski definition) is 3. The number of benzene rings is 1. The van der Waals surface area contributed by atoms with E-state index in [4.69, 9.17) is 5.73 Å². The second kappa shape index (κ2) is 5.87. The van der Waals surface area contributed by atoms with Crippen molar-refractivity contribution >= 4 is 18.3 Å². The first-order chi connectivity index (χ1) is 9.58. The predicted molar refractivity (Wildman–Crippen MR) is 83.5 cm³/mol. The quantitative estimate of drug-likeness (QED) is 0.907. The number of nitrogens with one attached hydrogen (secondary N) is 1. The molecule has 5 nitrogen and oxygen atoms in total. The van der Waals surface area contributed by atoms with Crippen LogP contribution in [-0.2, 0) is 4.79 Å². The van der Waals surface area contributed by atoms with Gasteiger partial charge < -0.3 is 11.1 Å². The van der Waals surface area contributed by atoms with Crippen LogP contribution in [0.2, 0.25) is 0 Å². The van der Waals surface area contributed by atoms with Crippen molar-refractivity contribution in [2.45, 2.75) is 31.3 Å². The summed E-state index contributed by atoms with van der Waals surface area (Å²) in [6.07, 6.45) is 5.18. The van der Waals surface area contributed by atoms with Crippen molar-refractivity contribution in [1.29, 1.82) is 0 Å². The van der Waals surface area contributed by atoms with Crippen molar-refractivity contribution in [2.24, 2.45) is 5.73 Å². The van der Waals surface area contributed by atoms with Crippen molar-refractivity contribution in [3.05, 3.63) is 48.3 Å². The van der Waals surface area contributed by atoms with E-state index < -0.39 is 5.54 Å². The van der Waals surface area contributed by atoms with Gasteiger partial charge in [0.25, 0.3) is 0 Å². The van der Waals surface area contributed by atoms with Gasteiger partial charge in [-0.25, -0.2) is 4.68 Å². The van der Waals surface area contributed by atoms with Crippen molar-refractivity contribution in [3.8, 4) is 5.69 Å². The van der Waals surface area contributed by atoms with E-state index in [1.807, 2.05) is 43.5 Å². The summed E-state index contributed by atoms with van der Waals surface area (Å²) in [7, 11) is 0. The molecule has 1 heterocycles. The third-order valence-electron chi connectivity index (χ3n) is 3.73. The number of halogens is 1. The van der Waals surface area contributed by atoms with Crippen LogP contribution in [0, 0.1) is 0 Å². The van der Waals surface area contributed by atoms with E-state index in [9.17, 15) is 4.79 Å². The van der Waals surface area contributed by atoms with Gasteiger partial charge in [0.2, 0.25) is 5.91 Å². The summed E-state index contributed by atoms with van der Waals surface area (Å²) < 4.78 is 1.79. The van der Waals surface area contributed by atoms with Gasteiger partial charge in [-0.15, -0.1) is 12.4 Å². The molecule has 0 bridgehead atoms. The SMILES string of the molecule is CC(NC(=O)C1(N)CC1)c1cccc(-n2cccn2)c1.Cl. The van der Waals surface area contributed by atoms with E-state index in [-0.39, 0.29) is 24.4 Å². The van der Waals surface area contributed by atoms with E-state index in [0.717, 1.165) is 24.1 Å². The highest BCUT2D eigenvalue weighted by Gasteiger charge is 2.46. The van der Waals surface area contributed by atoms with Gasteiger partial charge in [-0.05, 0) is 43.5 Å². The van der Waals surface area contributed by atoms with Crippen molar-refractivity contribution in [1.82, 2.24) is 15.1 Å². The first kappa shape index (κ1) is 15.5. The molecule has 3 rings (SSSR count). The molecule has 1 aromatic carbocycles. The Morgan fingerprint density at radius 1 is 1.43 bits per heavy atom. The van der Waals surface area contributed by atoms with Crippen molar-refractivity contribution in [2.75, 3.05) is 0 Å². The molecule has 1 saturated carbocycles. The minimum absolute atomic E-state index is 0. The maximum Gasteiger partial charge on any atom is 0.240 e. The molecule has 2 aromatic rings. The van der Waals surface area contributed by atoms with Crippen LogP contribution in [0.5, 0.6) is 0 Å². The molecule has 1 aromatic heterocycles. The van der Waals surface area contributed by atoms with Gasteiger partial charge in [-0.1, -0.05) is 12.1 Å². The maximum atomic E-state index is 12.0. The number of rotatable bonds is 4. The Balaban J connectivity index is 0.00000161. The molecule has 1 amide bonds. The Kier molecular flexibility index (Phi) is 4.34. The summed E-state index contributed by atoms with van der Waals surface area (Å²) in [4.78, 5) is 12.0. The number of nitrogens with zero attached hydrogens (tertiary/aromatic N) is 2. The number of carbonyl (C=O) groups excluding carboxylic acids is 1. The lowest BCUT2D eigenvalue weighted by atomic mass is 10.1. The van der Waals surface area contributed by atoms with E-state index in [1.165, 1.54) is 0 Å². The number of aromatic nitrogens is 2. The Hall–Kier alpha value is -1.85. The van der Waals surface area contributed by atoms with E-state index in [2.05, 4.69) is 10.4 Å².